The number of hydrogen-bond donors (Lipinski definition) is 0. The highest BCUT2D eigenvalue weighted by Crippen LogP contribution is 2.36. The Hall–Kier alpha value is -0.710. The minimum atomic E-state index is -0.165. The van der Waals surface area contributed by atoms with Gasteiger partial charge >= 0.3 is 0 Å². The third kappa shape index (κ3) is 2.91. The zero-order chi connectivity index (χ0) is 14.2. The molecule has 0 amide bonds. The Morgan fingerprint density at radius 2 is 2.05 bits per heavy atom. The lowest BCUT2D eigenvalue weighted by molar-refractivity contribution is 0.00895. The van der Waals surface area contributed by atoms with Crippen molar-refractivity contribution in [3.63, 3.8) is 0 Å². The third-order valence-corrected chi connectivity index (χ3v) is 4.48. The molecule has 3 nitrogen and oxygen atoms in total. The molecule has 0 aliphatic carbocycles. The number of ether oxygens (including phenoxy) is 1. The molecule has 2 heterocycles. The second-order valence-electron chi connectivity index (χ2n) is 5.64. The minimum absolute atomic E-state index is 0.0728. The lowest BCUT2D eigenvalue weighted by Gasteiger charge is -2.27. The van der Waals surface area contributed by atoms with E-state index in [0.717, 1.165) is 16.6 Å². The molecule has 104 valence electrons. The van der Waals surface area contributed by atoms with Gasteiger partial charge in [0.25, 0.3) is 0 Å². The number of fused-ring (bicyclic) bond motifs is 1. The summed E-state index contributed by atoms with van der Waals surface area (Å²) in [5.74, 6) is 0.664. The fourth-order valence-corrected chi connectivity index (χ4v) is 3.35. The highest BCUT2D eigenvalue weighted by atomic mass is 35.5. The third-order valence-electron chi connectivity index (χ3n) is 3.02. The summed E-state index contributed by atoms with van der Waals surface area (Å²) in [5, 5.41) is 1.46. The van der Waals surface area contributed by atoms with E-state index in [1.807, 2.05) is 0 Å². The zero-order valence-corrected chi connectivity index (χ0v) is 13.5. The highest BCUT2D eigenvalue weighted by Gasteiger charge is 2.29. The Balaban J connectivity index is 2.56. The van der Waals surface area contributed by atoms with Crippen LogP contribution in [0.5, 0.6) is 0 Å². The topological polar surface area (TPSA) is 35.0 Å². The molecule has 5 heteroatoms. The van der Waals surface area contributed by atoms with E-state index >= 15 is 0 Å². The summed E-state index contributed by atoms with van der Waals surface area (Å²) in [6.07, 6.45) is 0.821. The van der Waals surface area contributed by atoms with Crippen molar-refractivity contribution in [3.8, 4) is 0 Å². The molecular formula is C14H19ClN2OS. The fourth-order valence-electron chi connectivity index (χ4n) is 2.09. The lowest BCUT2D eigenvalue weighted by atomic mass is 9.88. The number of methoxy groups -OCH3 is 1. The molecule has 1 unspecified atom stereocenters. The van der Waals surface area contributed by atoms with Gasteiger partial charge in [-0.3, -0.25) is 0 Å². The van der Waals surface area contributed by atoms with Gasteiger partial charge in [0.05, 0.1) is 0 Å². The predicted molar refractivity (Wildman–Crippen MR) is 81.0 cm³/mol. The van der Waals surface area contributed by atoms with E-state index < -0.39 is 0 Å². The second-order valence-corrected chi connectivity index (χ2v) is 7.11. The van der Waals surface area contributed by atoms with Crippen molar-refractivity contribution >= 4 is 33.2 Å². The highest BCUT2D eigenvalue weighted by molar-refractivity contribution is 7.18. The van der Waals surface area contributed by atoms with E-state index in [1.165, 1.54) is 4.88 Å². The molecule has 2 aromatic heterocycles. The van der Waals surface area contributed by atoms with E-state index in [9.17, 15) is 0 Å². The molecule has 0 N–H and O–H groups in total. The summed E-state index contributed by atoms with van der Waals surface area (Å²) < 4.78 is 5.56. The summed E-state index contributed by atoms with van der Waals surface area (Å²) in [4.78, 5) is 11.3. The van der Waals surface area contributed by atoms with Gasteiger partial charge < -0.3 is 4.74 Å². The number of hydrogen-bond acceptors (Lipinski definition) is 4. The average Bonchev–Trinajstić information content (AvgIpc) is 2.71. The number of rotatable bonds is 3. The molecule has 0 saturated heterocycles. The van der Waals surface area contributed by atoms with E-state index in [2.05, 4.69) is 43.7 Å². The number of aryl methyl sites for hydroxylation is 1. The normalized spacial score (nSPS) is 14.0. The Morgan fingerprint density at radius 1 is 1.37 bits per heavy atom. The van der Waals surface area contributed by atoms with Gasteiger partial charge in [0.1, 0.15) is 16.1 Å². The first-order valence-corrected chi connectivity index (χ1v) is 7.55. The quantitative estimate of drug-likeness (QED) is 0.774. The zero-order valence-electron chi connectivity index (χ0n) is 12.0. The van der Waals surface area contributed by atoms with Crippen molar-refractivity contribution in [2.24, 2.45) is 5.41 Å². The van der Waals surface area contributed by atoms with Crippen LogP contribution in [0.4, 0.5) is 0 Å². The molecule has 2 rings (SSSR count). The first kappa shape index (κ1) is 14.7. The van der Waals surface area contributed by atoms with Crippen molar-refractivity contribution in [3.05, 3.63) is 21.9 Å². The van der Waals surface area contributed by atoms with Crippen LogP contribution in [0, 0.1) is 5.41 Å². The number of halogens is 1. The van der Waals surface area contributed by atoms with Crippen LogP contribution >= 0.6 is 22.9 Å². The maximum absolute atomic E-state index is 6.28. The van der Waals surface area contributed by atoms with Gasteiger partial charge in [-0.15, -0.1) is 11.3 Å². The van der Waals surface area contributed by atoms with Crippen LogP contribution in [0.1, 0.15) is 44.5 Å². The molecule has 1 atom stereocenters. The van der Waals surface area contributed by atoms with Gasteiger partial charge in [-0.2, -0.15) is 0 Å². The van der Waals surface area contributed by atoms with E-state index in [1.54, 1.807) is 18.4 Å². The van der Waals surface area contributed by atoms with Crippen LogP contribution in [-0.4, -0.2) is 17.1 Å². The van der Waals surface area contributed by atoms with Crippen molar-refractivity contribution in [1.82, 2.24) is 9.97 Å². The summed E-state index contributed by atoms with van der Waals surface area (Å²) in [6.45, 7) is 8.44. The monoisotopic (exact) mass is 298 g/mol. The van der Waals surface area contributed by atoms with Gasteiger partial charge in [-0.25, -0.2) is 9.97 Å². The number of nitrogens with zero attached hydrogens (tertiary/aromatic N) is 2. The van der Waals surface area contributed by atoms with Crippen LogP contribution in [0.2, 0.25) is 5.15 Å². The van der Waals surface area contributed by atoms with Crippen LogP contribution in [0.15, 0.2) is 6.07 Å². The molecule has 0 aromatic carbocycles. The summed E-state index contributed by atoms with van der Waals surface area (Å²) in [6, 6.07) is 2.07. The molecule has 0 aliphatic heterocycles. The fraction of sp³-hybridized carbons (Fsp3) is 0.571. The summed E-state index contributed by atoms with van der Waals surface area (Å²) in [5.41, 5.74) is -0.0728. The number of aromatic nitrogens is 2. The summed E-state index contributed by atoms with van der Waals surface area (Å²) >= 11 is 7.96. The van der Waals surface area contributed by atoms with Gasteiger partial charge in [-0.1, -0.05) is 39.3 Å². The van der Waals surface area contributed by atoms with Gasteiger partial charge in [0.2, 0.25) is 0 Å². The molecule has 0 saturated carbocycles. The van der Waals surface area contributed by atoms with Crippen molar-refractivity contribution in [1.29, 1.82) is 0 Å². The molecule has 0 spiro atoms. The Labute approximate surface area is 123 Å². The largest absolute Gasteiger partial charge is 0.373 e. The predicted octanol–water partition coefficient (Wildman–Crippen LogP) is 4.64. The van der Waals surface area contributed by atoms with Crippen LogP contribution in [0.3, 0.4) is 0 Å². The summed E-state index contributed by atoms with van der Waals surface area (Å²) in [7, 11) is 1.68. The SMILES string of the molecule is CCc1cc2c(Cl)nc(C(OC)C(C)(C)C)nc2s1. The Bertz CT molecular complexity index is 589. The maximum atomic E-state index is 6.28. The van der Waals surface area contributed by atoms with Gasteiger partial charge in [-0.05, 0) is 17.9 Å². The van der Waals surface area contributed by atoms with Crippen molar-refractivity contribution in [2.75, 3.05) is 7.11 Å². The Morgan fingerprint density at radius 3 is 2.58 bits per heavy atom. The second kappa shape index (κ2) is 5.35. The molecule has 0 bridgehead atoms. The minimum Gasteiger partial charge on any atom is -0.373 e. The molecule has 2 aromatic rings. The van der Waals surface area contributed by atoms with Crippen molar-refractivity contribution in [2.45, 2.75) is 40.2 Å². The molecule has 0 fully saturated rings. The van der Waals surface area contributed by atoms with Crippen LogP contribution in [0.25, 0.3) is 10.2 Å². The average molecular weight is 299 g/mol. The van der Waals surface area contributed by atoms with Gasteiger partial charge in [0, 0.05) is 17.4 Å². The van der Waals surface area contributed by atoms with E-state index in [0.29, 0.717) is 11.0 Å². The molecule has 19 heavy (non-hydrogen) atoms. The van der Waals surface area contributed by atoms with Crippen LogP contribution < -0.4 is 0 Å². The maximum Gasteiger partial charge on any atom is 0.161 e. The standard InChI is InChI=1S/C14H19ClN2OS/c1-6-8-7-9-11(15)16-12(17-13(9)19-8)10(18-5)14(2,3)4/h7,10H,6H2,1-5H3. The Kier molecular flexibility index (Phi) is 4.14. The smallest absolute Gasteiger partial charge is 0.161 e. The first-order chi connectivity index (χ1) is 8.86. The molecule has 0 aliphatic rings. The lowest BCUT2D eigenvalue weighted by Crippen LogP contribution is -2.22. The van der Waals surface area contributed by atoms with Gasteiger partial charge in [0.15, 0.2) is 5.82 Å². The van der Waals surface area contributed by atoms with E-state index in [-0.39, 0.29) is 11.5 Å². The first-order valence-electron chi connectivity index (χ1n) is 6.35. The van der Waals surface area contributed by atoms with E-state index in [4.69, 9.17) is 16.3 Å². The molecule has 0 radical (unpaired) electrons. The van der Waals surface area contributed by atoms with Crippen LogP contribution in [-0.2, 0) is 11.2 Å². The molecular weight excluding hydrogens is 280 g/mol. The number of thiophene rings is 1. The van der Waals surface area contributed by atoms with Crippen molar-refractivity contribution < 1.29 is 4.74 Å².